The molecule has 1 atom stereocenters. The van der Waals surface area contributed by atoms with E-state index in [0.717, 1.165) is 5.69 Å². The summed E-state index contributed by atoms with van der Waals surface area (Å²) in [4.78, 5) is 26.0. The lowest BCUT2D eigenvalue weighted by atomic mass is 10.00. The van der Waals surface area contributed by atoms with Crippen molar-refractivity contribution in [3.05, 3.63) is 88.6 Å². The van der Waals surface area contributed by atoms with Crippen LogP contribution in [0.3, 0.4) is 0 Å². The van der Waals surface area contributed by atoms with Crippen molar-refractivity contribution in [3.63, 3.8) is 0 Å². The van der Waals surface area contributed by atoms with Crippen molar-refractivity contribution in [1.29, 1.82) is 0 Å². The zero-order valence-corrected chi connectivity index (χ0v) is 16.3. The fourth-order valence-electron chi connectivity index (χ4n) is 3.51. The Morgan fingerprint density at radius 3 is 2.57 bits per heavy atom. The molecule has 2 heterocycles. The van der Waals surface area contributed by atoms with Gasteiger partial charge in [-0.1, -0.05) is 12.1 Å². The molecule has 0 saturated carbocycles. The Bertz CT molecular complexity index is 1260. The van der Waals surface area contributed by atoms with Crippen molar-refractivity contribution in [2.75, 3.05) is 11.1 Å². The zero-order valence-electron chi connectivity index (χ0n) is 16.3. The Kier molecular flexibility index (Phi) is 5.02. The number of fused-ring (bicyclic) bond motifs is 1. The number of rotatable bonds is 6. The summed E-state index contributed by atoms with van der Waals surface area (Å²) in [6.07, 6.45) is 1.43. The van der Waals surface area contributed by atoms with Gasteiger partial charge in [-0.15, -0.1) is 0 Å². The molecule has 0 aliphatic rings. The molecule has 7 nitrogen and oxygen atoms in total. The number of hydrogen-bond acceptors (Lipinski definition) is 6. The van der Waals surface area contributed by atoms with Gasteiger partial charge in [-0.05, 0) is 48.5 Å². The molecule has 0 bridgehead atoms. The zero-order chi connectivity index (χ0) is 21.3. The molecule has 2 aromatic carbocycles. The number of carbonyl (C=O) groups is 1. The van der Waals surface area contributed by atoms with Crippen molar-refractivity contribution < 1.29 is 14.3 Å². The molecule has 152 valence electrons. The third-order valence-corrected chi connectivity index (χ3v) is 5.08. The van der Waals surface area contributed by atoms with E-state index < -0.39 is 17.4 Å². The van der Waals surface area contributed by atoms with E-state index in [1.165, 1.54) is 10.8 Å². The SMILES string of the molecule is Cn1c(=O)c(C(=O)C[C@@H](Nc2ccc(N)cc2)c2ccco2)c(O)c2ccccc21. The van der Waals surface area contributed by atoms with Crippen LogP contribution in [0.2, 0.25) is 0 Å². The van der Waals surface area contributed by atoms with Gasteiger partial charge in [-0.25, -0.2) is 0 Å². The number of aryl methyl sites for hydroxylation is 1. The summed E-state index contributed by atoms with van der Waals surface area (Å²) < 4.78 is 6.87. The van der Waals surface area contributed by atoms with Crippen LogP contribution in [0, 0.1) is 0 Å². The third kappa shape index (κ3) is 3.53. The Morgan fingerprint density at radius 1 is 1.13 bits per heavy atom. The second-order valence-corrected chi connectivity index (χ2v) is 7.07. The van der Waals surface area contributed by atoms with Gasteiger partial charge in [-0.2, -0.15) is 0 Å². The minimum Gasteiger partial charge on any atom is -0.506 e. The fraction of sp³-hybridized carbons (Fsp3) is 0.130. The number of anilines is 2. The molecular weight excluding hydrogens is 382 g/mol. The fourth-order valence-corrected chi connectivity index (χ4v) is 3.51. The molecule has 0 radical (unpaired) electrons. The van der Waals surface area contributed by atoms with E-state index in [1.807, 2.05) is 0 Å². The highest BCUT2D eigenvalue weighted by molar-refractivity contribution is 6.03. The van der Waals surface area contributed by atoms with Gasteiger partial charge in [-0.3, -0.25) is 9.59 Å². The second-order valence-electron chi connectivity index (χ2n) is 7.07. The van der Waals surface area contributed by atoms with Crippen LogP contribution in [-0.2, 0) is 7.05 Å². The number of aromatic hydroxyl groups is 1. The van der Waals surface area contributed by atoms with Gasteiger partial charge in [0.05, 0.1) is 17.8 Å². The minimum atomic E-state index is -0.540. The van der Waals surface area contributed by atoms with Crippen LogP contribution in [0.5, 0.6) is 5.75 Å². The number of nitrogens with two attached hydrogens (primary N) is 1. The normalized spacial score (nSPS) is 12.0. The molecule has 4 aromatic rings. The number of benzene rings is 2. The predicted octanol–water partition coefficient (Wildman–Crippen LogP) is 3.85. The van der Waals surface area contributed by atoms with Crippen LogP contribution in [-0.4, -0.2) is 15.5 Å². The van der Waals surface area contributed by atoms with Crippen LogP contribution in [0.4, 0.5) is 11.4 Å². The van der Waals surface area contributed by atoms with Gasteiger partial charge in [0.25, 0.3) is 5.56 Å². The highest BCUT2D eigenvalue weighted by Crippen LogP contribution is 2.30. The molecule has 7 heteroatoms. The van der Waals surface area contributed by atoms with Crippen LogP contribution in [0.15, 0.2) is 76.1 Å². The molecule has 0 unspecified atom stereocenters. The molecule has 4 N–H and O–H groups in total. The number of nitrogens with zero attached hydrogens (tertiary/aromatic N) is 1. The summed E-state index contributed by atoms with van der Waals surface area (Å²) in [6.45, 7) is 0. The first kappa shape index (κ1) is 19.3. The van der Waals surface area contributed by atoms with Crippen molar-refractivity contribution in [1.82, 2.24) is 4.57 Å². The van der Waals surface area contributed by atoms with E-state index >= 15 is 0 Å². The summed E-state index contributed by atoms with van der Waals surface area (Å²) in [5, 5.41) is 14.4. The third-order valence-electron chi connectivity index (χ3n) is 5.08. The number of nitrogen functional groups attached to an aromatic ring is 1. The van der Waals surface area contributed by atoms with Gasteiger partial charge in [0.15, 0.2) is 5.78 Å². The van der Waals surface area contributed by atoms with E-state index in [4.69, 9.17) is 10.2 Å². The smallest absolute Gasteiger partial charge is 0.265 e. The summed E-state index contributed by atoms with van der Waals surface area (Å²) in [6, 6.07) is 16.9. The van der Waals surface area contributed by atoms with E-state index in [-0.39, 0.29) is 17.7 Å². The van der Waals surface area contributed by atoms with Crippen LogP contribution in [0.1, 0.15) is 28.6 Å². The van der Waals surface area contributed by atoms with Gasteiger partial charge < -0.3 is 25.1 Å². The van der Waals surface area contributed by atoms with E-state index in [2.05, 4.69) is 5.32 Å². The van der Waals surface area contributed by atoms with Gasteiger partial charge in [0.1, 0.15) is 17.1 Å². The lowest BCUT2D eigenvalue weighted by Crippen LogP contribution is -2.26. The summed E-state index contributed by atoms with van der Waals surface area (Å²) >= 11 is 0. The summed E-state index contributed by atoms with van der Waals surface area (Å²) in [5.74, 6) is -0.246. The molecule has 0 fully saturated rings. The van der Waals surface area contributed by atoms with Crippen molar-refractivity contribution in [2.24, 2.45) is 7.05 Å². The molecule has 30 heavy (non-hydrogen) atoms. The highest BCUT2D eigenvalue weighted by Gasteiger charge is 2.25. The van der Waals surface area contributed by atoms with Crippen LogP contribution < -0.4 is 16.6 Å². The second kappa shape index (κ2) is 7.79. The van der Waals surface area contributed by atoms with Gasteiger partial charge in [0.2, 0.25) is 0 Å². The number of ketones is 1. The molecule has 0 amide bonds. The van der Waals surface area contributed by atoms with Crippen molar-refractivity contribution in [2.45, 2.75) is 12.5 Å². The Hall–Kier alpha value is -4.00. The first-order valence-electron chi connectivity index (χ1n) is 9.45. The molecule has 4 rings (SSSR count). The maximum atomic E-state index is 13.2. The Morgan fingerprint density at radius 2 is 1.87 bits per heavy atom. The minimum absolute atomic E-state index is 0.0843. The molecule has 0 aliphatic heterocycles. The monoisotopic (exact) mass is 403 g/mol. The van der Waals surface area contributed by atoms with Crippen LogP contribution >= 0.6 is 0 Å². The number of pyridine rings is 1. The quantitative estimate of drug-likeness (QED) is 0.333. The van der Waals surface area contributed by atoms with E-state index in [9.17, 15) is 14.7 Å². The largest absolute Gasteiger partial charge is 0.506 e. The van der Waals surface area contributed by atoms with Crippen molar-refractivity contribution in [3.8, 4) is 5.75 Å². The summed E-state index contributed by atoms with van der Waals surface area (Å²) in [5.41, 5.74) is 6.89. The molecule has 0 spiro atoms. The highest BCUT2D eigenvalue weighted by atomic mass is 16.3. The number of aromatic nitrogens is 1. The van der Waals surface area contributed by atoms with Crippen LogP contribution in [0.25, 0.3) is 10.9 Å². The maximum absolute atomic E-state index is 13.2. The number of nitrogens with one attached hydrogen (secondary N) is 1. The average Bonchev–Trinajstić information content (AvgIpc) is 3.28. The summed E-state index contributed by atoms with van der Waals surface area (Å²) in [7, 11) is 1.58. The first-order valence-corrected chi connectivity index (χ1v) is 9.45. The average molecular weight is 403 g/mol. The lowest BCUT2D eigenvalue weighted by Gasteiger charge is -2.18. The lowest BCUT2D eigenvalue weighted by molar-refractivity contribution is 0.0969. The molecule has 2 aromatic heterocycles. The molecule has 0 saturated heterocycles. The Balaban J connectivity index is 1.71. The van der Waals surface area contributed by atoms with E-state index in [1.54, 1.807) is 67.7 Å². The van der Waals surface area contributed by atoms with Gasteiger partial charge >= 0.3 is 0 Å². The first-order chi connectivity index (χ1) is 14.5. The maximum Gasteiger partial charge on any atom is 0.265 e. The molecular formula is C23H21N3O4. The number of carbonyl (C=O) groups excluding carboxylic acids is 1. The number of hydrogen-bond donors (Lipinski definition) is 3. The van der Waals surface area contributed by atoms with E-state index in [0.29, 0.717) is 22.4 Å². The topological polar surface area (TPSA) is 110 Å². The number of para-hydroxylation sites is 1. The Labute approximate surface area is 172 Å². The predicted molar refractivity (Wildman–Crippen MR) is 116 cm³/mol. The van der Waals surface area contributed by atoms with Crippen molar-refractivity contribution >= 4 is 28.1 Å². The number of Topliss-reactive ketones (excluding diaryl/α,β-unsaturated/α-hetero) is 1. The standard InChI is InChI=1S/C23H21N3O4/c1-26-18-6-3-2-5-16(18)22(28)21(23(26)29)19(27)13-17(20-7-4-12-30-20)25-15-10-8-14(24)9-11-15/h2-12,17,25,28H,13,24H2,1H3/t17-/m1/s1. The molecule has 0 aliphatic carbocycles. The van der Waals surface area contributed by atoms with Gasteiger partial charge in [0, 0.05) is 30.2 Å². The number of furan rings is 1.